The highest BCUT2D eigenvalue weighted by atomic mass is 16.5. The zero-order chi connectivity index (χ0) is 27.7. The molecule has 0 spiro atoms. The first-order chi connectivity index (χ1) is 19.8. The van der Waals surface area contributed by atoms with Crippen molar-refractivity contribution >= 4 is 23.8 Å². The minimum atomic E-state index is -0.101. The Balaban J connectivity index is 1.14. The largest absolute Gasteiger partial charge is 0.377 e. The Kier molecular flexibility index (Phi) is 12.5. The molecule has 1 aliphatic rings. The van der Waals surface area contributed by atoms with Gasteiger partial charge >= 0.3 is 0 Å². The van der Waals surface area contributed by atoms with Gasteiger partial charge in [-0.2, -0.15) is 15.0 Å². The zero-order valence-corrected chi connectivity index (χ0v) is 23.1. The third kappa shape index (κ3) is 10.8. The van der Waals surface area contributed by atoms with Crippen molar-refractivity contribution in [2.45, 2.75) is 38.6 Å². The summed E-state index contributed by atoms with van der Waals surface area (Å²) >= 11 is 0. The summed E-state index contributed by atoms with van der Waals surface area (Å²) in [5.74, 6) is 2.17. The average molecular weight is 548 g/mol. The smallest absolute Gasteiger partial charge is 0.251 e. The van der Waals surface area contributed by atoms with Gasteiger partial charge < -0.3 is 30.7 Å². The van der Waals surface area contributed by atoms with Crippen molar-refractivity contribution < 1.29 is 14.3 Å². The molecule has 1 aliphatic carbocycles. The molecule has 3 aromatic rings. The van der Waals surface area contributed by atoms with E-state index in [9.17, 15) is 4.79 Å². The highest BCUT2D eigenvalue weighted by Gasteiger charge is 2.14. The Morgan fingerprint density at radius 3 is 2.00 bits per heavy atom. The molecule has 10 heteroatoms. The Morgan fingerprint density at radius 1 is 0.700 bits per heavy atom. The Labute approximate surface area is 236 Å². The van der Waals surface area contributed by atoms with E-state index in [1.54, 1.807) is 12.1 Å². The number of aromatic nitrogens is 3. The Morgan fingerprint density at radius 2 is 1.30 bits per heavy atom. The lowest BCUT2D eigenvalue weighted by Crippen LogP contribution is -2.27. The van der Waals surface area contributed by atoms with Gasteiger partial charge in [0.15, 0.2) is 0 Å². The van der Waals surface area contributed by atoms with Crippen molar-refractivity contribution in [2.75, 3.05) is 62.0 Å². The van der Waals surface area contributed by atoms with E-state index >= 15 is 0 Å². The lowest BCUT2D eigenvalue weighted by Gasteiger charge is -2.21. The lowest BCUT2D eigenvalue weighted by atomic mass is 9.89. The molecule has 1 amide bonds. The van der Waals surface area contributed by atoms with Gasteiger partial charge in [-0.15, -0.1) is 0 Å². The maximum absolute atomic E-state index is 12.0. The van der Waals surface area contributed by atoms with E-state index in [2.05, 4.69) is 48.4 Å². The number of nitrogens with zero attached hydrogens (tertiary/aromatic N) is 3. The normalized spacial score (nSPS) is 13.5. The fraction of sp³-hybridized carbons (Fsp3) is 0.467. The monoisotopic (exact) mass is 547 g/mol. The molecular weight excluding hydrogens is 506 g/mol. The van der Waals surface area contributed by atoms with E-state index < -0.39 is 0 Å². The van der Waals surface area contributed by atoms with Gasteiger partial charge in [0.25, 0.3) is 5.91 Å². The summed E-state index contributed by atoms with van der Waals surface area (Å²) in [6.07, 6.45) is 6.45. The summed E-state index contributed by atoms with van der Waals surface area (Å²) in [5, 5.41) is 12.8. The van der Waals surface area contributed by atoms with Crippen molar-refractivity contribution in [3.05, 3.63) is 71.8 Å². The number of rotatable bonds is 17. The first-order valence-electron chi connectivity index (χ1n) is 14.3. The average Bonchev–Trinajstić information content (AvgIpc) is 3.01. The number of anilines is 3. The first kappa shape index (κ1) is 29.2. The Bertz CT molecular complexity index is 1130. The molecule has 0 bridgehead atoms. The molecule has 1 heterocycles. The standard InChI is InChI=1S/C30H41N7O3/c38-27(26-14-8-3-9-15-26)31-16-18-39-20-21-40-19-17-32-28-35-29(33-22-24-10-4-1-5-11-24)37-30(36-28)34-23-25-12-6-2-7-13-25/h1,3-5,8-11,14-15,25H,2,6-7,12-13,16-23H2,(H,31,38)(H3,32,33,34,35,36,37). The summed E-state index contributed by atoms with van der Waals surface area (Å²) in [5.41, 5.74) is 1.80. The van der Waals surface area contributed by atoms with Crippen LogP contribution in [0, 0.1) is 5.92 Å². The highest BCUT2D eigenvalue weighted by Crippen LogP contribution is 2.23. The predicted molar refractivity (Wildman–Crippen MR) is 158 cm³/mol. The minimum absolute atomic E-state index is 0.101. The molecule has 0 radical (unpaired) electrons. The molecule has 4 N–H and O–H groups in total. The summed E-state index contributed by atoms with van der Waals surface area (Å²) < 4.78 is 11.2. The second-order valence-corrected chi connectivity index (χ2v) is 9.80. The van der Waals surface area contributed by atoms with Crippen molar-refractivity contribution in [1.29, 1.82) is 0 Å². The lowest BCUT2D eigenvalue weighted by molar-refractivity contribution is 0.0519. The van der Waals surface area contributed by atoms with Crippen LogP contribution in [0.4, 0.5) is 17.8 Å². The van der Waals surface area contributed by atoms with Crippen molar-refractivity contribution in [2.24, 2.45) is 5.92 Å². The number of carbonyl (C=O) groups is 1. The summed E-state index contributed by atoms with van der Waals surface area (Å²) in [7, 11) is 0. The molecule has 1 saturated carbocycles. The van der Waals surface area contributed by atoms with Gasteiger partial charge in [0.2, 0.25) is 17.8 Å². The SMILES string of the molecule is O=C(NCCOCCOCCNc1nc(NCc2ccccc2)nc(NCC2CCCCC2)n1)c1ccccc1. The maximum Gasteiger partial charge on any atom is 0.251 e. The van der Waals surface area contributed by atoms with Crippen LogP contribution in [0.15, 0.2) is 60.7 Å². The van der Waals surface area contributed by atoms with Crippen molar-refractivity contribution in [1.82, 2.24) is 20.3 Å². The van der Waals surface area contributed by atoms with E-state index in [1.165, 1.54) is 32.1 Å². The highest BCUT2D eigenvalue weighted by molar-refractivity contribution is 5.94. The van der Waals surface area contributed by atoms with E-state index in [1.807, 2.05) is 36.4 Å². The molecular formula is C30H41N7O3. The van der Waals surface area contributed by atoms with Crippen molar-refractivity contribution in [3.8, 4) is 0 Å². The molecule has 1 aromatic heterocycles. The molecule has 0 atom stereocenters. The number of hydrogen-bond donors (Lipinski definition) is 4. The van der Waals surface area contributed by atoms with Gasteiger partial charge in [-0.1, -0.05) is 67.8 Å². The molecule has 0 unspecified atom stereocenters. The number of carbonyl (C=O) groups excluding carboxylic acids is 1. The van der Waals surface area contributed by atoms with Crippen LogP contribution >= 0.6 is 0 Å². The zero-order valence-electron chi connectivity index (χ0n) is 23.1. The van der Waals surface area contributed by atoms with Crippen LogP contribution in [-0.4, -0.2) is 66.9 Å². The van der Waals surface area contributed by atoms with Gasteiger partial charge in [-0.05, 0) is 36.5 Å². The molecule has 1 fully saturated rings. The minimum Gasteiger partial charge on any atom is -0.377 e. The molecule has 4 rings (SSSR count). The third-order valence-electron chi connectivity index (χ3n) is 6.67. The van der Waals surface area contributed by atoms with Crippen LogP contribution in [0.5, 0.6) is 0 Å². The molecule has 0 aliphatic heterocycles. The first-order valence-corrected chi connectivity index (χ1v) is 14.3. The topological polar surface area (TPSA) is 122 Å². The summed E-state index contributed by atoms with van der Waals surface area (Å²) in [6, 6.07) is 19.3. The van der Waals surface area contributed by atoms with Crippen LogP contribution in [0.2, 0.25) is 0 Å². The number of amides is 1. The van der Waals surface area contributed by atoms with E-state index in [-0.39, 0.29) is 5.91 Å². The van der Waals surface area contributed by atoms with Crippen LogP contribution in [-0.2, 0) is 16.0 Å². The maximum atomic E-state index is 12.0. The second-order valence-electron chi connectivity index (χ2n) is 9.80. The third-order valence-corrected chi connectivity index (χ3v) is 6.67. The number of nitrogens with one attached hydrogen (secondary N) is 4. The van der Waals surface area contributed by atoms with E-state index in [0.29, 0.717) is 75.4 Å². The molecule has 214 valence electrons. The number of hydrogen-bond acceptors (Lipinski definition) is 9. The predicted octanol–water partition coefficient (Wildman–Crippen LogP) is 4.35. The molecule has 0 saturated heterocycles. The van der Waals surface area contributed by atoms with Crippen LogP contribution in [0.3, 0.4) is 0 Å². The quantitative estimate of drug-likeness (QED) is 0.183. The molecule has 2 aromatic carbocycles. The number of benzene rings is 2. The van der Waals surface area contributed by atoms with Gasteiger partial charge in [-0.25, -0.2) is 0 Å². The molecule has 10 nitrogen and oxygen atoms in total. The number of ether oxygens (including phenoxy) is 2. The van der Waals surface area contributed by atoms with Gasteiger partial charge in [-0.3, -0.25) is 4.79 Å². The van der Waals surface area contributed by atoms with Crippen molar-refractivity contribution in [3.63, 3.8) is 0 Å². The van der Waals surface area contributed by atoms with Crippen LogP contribution < -0.4 is 21.3 Å². The van der Waals surface area contributed by atoms with E-state index in [4.69, 9.17) is 9.47 Å². The summed E-state index contributed by atoms with van der Waals surface area (Å²) in [6.45, 7) is 4.34. The fourth-order valence-corrected chi connectivity index (χ4v) is 4.50. The van der Waals surface area contributed by atoms with Gasteiger partial charge in [0.1, 0.15) is 0 Å². The molecule has 40 heavy (non-hydrogen) atoms. The fourth-order valence-electron chi connectivity index (χ4n) is 4.50. The van der Waals surface area contributed by atoms with Gasteiger partial charge in [0.05, 0.1) is 26.4 Å². The second kappa shape index (κ2) is 17.0. The van der Waals surface area contributed by atoms with Crippen LogP contribution in [0.1, 0.15) is 48.0 Å². The Hall–Kier alpha value is -3.76. The van der Waals surface area contributed by atoms with Gasteiger partial charge in [0, 0.05) is 31.7 Å². The van der Waals surface area contributed by atoms with E-state index in [0.717, 1.165) is 12.1 Å². The van der Waals surface area contributed by atoms with Crippen LogP contribution in [0.25, 0.3) is 0 Å². The summed E-state index contributed by atoms with van der Waals surface area (Å²) in [4.78, 5) is 25.7.